The van der Waals surface area contributed by atoms with Crippen LogP contribution in [0.15, 0.2) is 36.5 Å². The highest BCUT2D eigenvalue weighted by atomic mass is 16.4. The fourth-order valence-electron chi connectivity index (χ4n) is 2.84. The van der Waals surface area contributed by atoms with Crippen LogP contribution in [0.3, 0.4) is 0 Å². The predicted octanol–water partition coefficient (Wildman–Crippen LogP) is 5.09. The average molecular weight is 318 g/mol. The minimum atomic E-state index is -0.751. The summed E-state index contributed by atoms with van der Waals surface area (Å²) in [7, 11) is 0. The van der Waals surface area contributed by atoms with E-state index in [-0.39, 0.29) is 18.1 Å². The lowest BCUT2D eigenvalue weighted by Crippen LogP contribution is -2.14. The van der Waals surface area contributed by atoms with Crippen LogP contribution in [-0.4, -0.2) is 16.9 Å². The topological polar surface area (TPSA) is 54.4 Å². The molecule has 128 valence electrons. The Kier molecular flexibility index (Phi) is 10.0. The second-order valence-corrected chi connectivity index (χ2v) is 6.23. The fourth-order valence-corrected chi connectivity index (χ4v) is 2.84. The summed E-state index contributed by atoms with van der Waals surface area (Å²) in [5.41, 5.74) is 0. The molecule has 0 radical (unpaired) electrons. The molecular formula is C20H30O3. The highest BCUT2D eigenvalue weighted by Gasteiger charge is 2.27. The van der Waals surface area contributed by atoms with Crippen molar-refractivity contribution in [2.45, 2.75) is 64.7 Å². The predicted molar refractivity (Wildman–Crippen MR) is 94.3 cm³/mol. The Labute approximate surface area is 140 Å². The van der Waals surface area contributed by atoms with Crippen molar-refractivity contribution >= 4 is 11.8 Å². The third kappa shape index (κ3) is 8.53. The van der Waals surface area contributed by atoms with Crippen molar-refractivity contribution in [3.8, 4) is 0 Å². The third-order valence-corrected chi connectivity index (χ3v) is 4.26. The van der Waals surface area contributed by atoms with Gasteiger partial charge in [-0.2, -0.15) is 0 Å². The number of ketones is 1. The van der Waals surface area contributed by atoms with E-state index in [1.165, 1.54) is 19.3 Å². The van der Waals surface area contributed by atoms with E-state index < -0.39 is 5.97 Å². The average Bonchev–Trinajstić information content (AvgIpc) is 2.86. The molecule has 0 fully saturated rings. The molecule has 1 N–H and O–H groups in total. The monoisotopic (exact) mass is 318 g/mol. The van der Waals surface area contributed by atoms with Crippen molar-refractivity contribution in [1.82, 2.24) is 0 Å². The van der Waals surface area contributed by atoms with E-state index in [4.69, 9.17) is 5.11 Å². The maximum atomic E-state index is 11.9. The first kappa shape index (κ1) is 19.4. The van der Waals surface area contributed by atoms with Crippen LogP contribution in [0, 0.1) is 11.8 Å². The summed E-state index contributed by atoms with van der Waals surface area (Å²) in [6.45, 7) is 2.21. The van der Waals surface area contributed by atoms with Gasteiger partial charge in [-0.05, 0) is 50.5 Å². The van der Waals surface area contributed by atoms with E-state index >= 15 is 0 Å². The largest absolute Gasteiger partial charge is 0.481 e. The van der Waals surface area contributed by atoms with Crippen LogP contribution >= 0.6 is 0 Å². The van der Waals surface area contributed by atoms with E-state index in [9.17, 15) is 9.59 Å². The van der Waals surface area contributed by atoms with E-state index in [1.807, 2.05) is 18.2 Å². The first-order chi connectivity index (χ1) is 11.1. The lowest BCUT2D eigenvalue weighted by molar-refractivity contribution is -0.137. The molecule has 0 aliphatic heterocycles. The summed E-state index contributed by atoms with van der Waals surface area (Å²) < 4.78 is 0. The maximum Gasteiger partial charge on any atom is 0.303 e. The molecule has 1 aliphatic rings. The van der Waals surface area contributed by atoms with Crippen molar-refractivity contribution < 1.29 is 14.7 Å². The highest BCUT2D eigenvalue weighted by molar-refractivity contribution is 5.94. The molecule has 1 aliphatic carbocycles. The normalized spacial score (nSPS) is 21.0. The molecule has 0 unspecified atom stereocenters. The smallest absolute Gasteiger partial charge is 0.303 e. The van der Waals surface area contributed by atoms with Gasteiger partial charge in [-0.15, -0.1) is 0 Å². The van der Waals surface area contributed by atoms with Crippen LogP contribution in [0.1, 0.15) is 64.7 Å². The Morgan fingerprint density at radius 3 is 2.48 bits per heavy atom. The van der Waals surface area contributed by atoms with Gasteiger partial charge in [0.1, 0.15) is 0 Å². The van der Waals surface area contributed by atoms with Gasteiger partial charge >= 0.3 is 5.97 Å². The number of unbranched alkanes of at least 4 members (excludes halogenated alkanes) is 4. The molecule has 0 aromatic heterocycles. The molecule has 3 heteroatoms. The van der Waals surface area contributed by atoms with Gasteiger partial charge in [-0.1, -0.05) is 50.1 Å². The molecule has 0 aromatic carbocycles. The molecule has 2 atom stereocenters. The summed E-state index contributed by atoms with van der Waals surface area (Å²) in [6.07, 6.45) is 20.5. The summed E-state index contributed by atoms with van der Waals surface area (Å²) in [6, 6.07) is 0. The van der Waals surface area contributed by atoms with Crippen molar-refractivity contribution in [3.63, 3.8) is 0 Å². The summed E-state index contributed by atoms with van der Waals surface area (Å²) >= 11 is 0. The molecule has 23 heavy (non-hydrogen) atoms. The Morgan fingerprint density at radius 1 is 1.09 bits per heavy atom. The number of rotatable bonds is 12. The Hall–Kier alpha value is -1.64. The number of carbonyl (C=O) groups excluding carboxylic acids is 1. The van der Waals surface area contributed by atoms with Gasteiger partial charge in [-0.3, -0.25) is 9.59 Å². The lowest BCUT2D eigenvalue weighted by Gasteiger charge is -2.14. The third-order valence-electron chi connectivity index (χ3n) is 4.26. The molecule has 0 heterocycles. The number of aliphatic carboxylic acids is 1. The zero-order valence-electron chi connectivity index (χ0n) is 14.2. The van der Waals surface area contributed by atoms with Gasteiger partial charge in [-0.25, -0.2) is 0 Å². The van der Waals surface area contributed by atoms with Gasteiger partial charge in [0.15, 0.2) is 5.78 Å². The first-order valence-electron chi connectivity index (χ1n) is 8.89. The molecule has 0 amide bonds. The maximum absolute atomic E-state index is 11.9. The van der Waals surface area contributed by atoms with Crippen LogP contribution in [0.2, 0.25) is 0 Å². The van der Waals surface area contributed by atoms with Crippen molar-refractivity contribution in [2.75, 3.05) is 0 Å². The zero-order valence-corrected chi connectivity index (χ0v) is 14.2. The van der Waals surface area contributed by atoms with E-state index in [1.54, 1.807) is 6.08 Å². The molecule has 1 rings (SSSR count). The highest BCUT2D eigenvalue weighted by Crippen LogP contribution is 2.29. The summed E-state index contributed by atoms with van der Waals surface area (Å²) in [5.74, 6) is -0.150. The van der Waals surface area contributed by atoms with Crippen LogP contribution in [0.25, 0.3) is 0 Å². The standard InChI is InChI=1S/C20H30O3/c1-2-3-4-5-6-9-12-17-15-16-19(21)18(17)13-10-7-8-11-14-20(22)23/h6-7,9-10,15-18H,2-5,8,11-14H2,1H3,(H,22,23)/b9-6-,10-7-/t17-,18-/m1/s1. The van der Waals surface area contributed by atoms with Crippen LogP contribution in [-0.2, 0) is 9.59 Å². The number of allylic oxidation sites excluding steroid dienone is 6. The lowest BCUT2D eigenvalue weighted by atomic mass is 9.88. The van der Waals surface area contributed by atoms with Gasteiger partial charge in [0.05, 0.1) is 0 Å². The second-order valence-electron chi connectivity index (χ2n) is 6.23. The Balaban J connectivity index is 2.27. The molecular weight excluding hydrogens is 288 g/mol. The van der Waals surface area contributed by atoms with Crippen LogP contribution < -0.4 is 0 Å². The first-order valence-corrected chi connectivity index (χ1v) is 8.89. The molecule has 3 nitrogen and oxygen atoms in total. The van der Waals surface area contributed by atoms with Crippen molar-refractivity contribution in [3.05, 3.63) is 36.5 Å². The molecule has 0 saturated carbocycles. The number of hydrogen-bond acceptors (Lipinski definition) is 2. The molecule has 0 saturated heterocycles. The minimum absolute atomic E-state index is 0.0611. The Bertz CT molecular complexity index is 446. The SMILES string of the molecule is CCCCC/C=C\C[C@@H]1C=CC(=O)[C@@H]1C/C=C\CCCC(=O)O. The van der Waals surface area contributed by atoms with E-state index in [2.05, 4.69) is 19.1 Å². The van der Waals surface area contributed by atoms with Gasteiger partial charge in [0, 0.05) is 12.3 Å². The van der Waals surface area contributed by atoms with Crippen molar-refractivity contribution in [1.29, 1.82) is 0 Å². The van der Waals surface area contributed by atoms with E-state index in [0.29, 0.717) is 12.3 Å². The van der Waals surface area contributed by atoms with Gasteiger partial charge in [0.25, 0.3) is 0 Å². The number of carboxylic acids is 1. The molecule has 0 aromatic rings. The van der Waals surface area contributed by atoms with Crippen LogP contribution in [0.5, 0.6) is 0 Å². The van der Waals surface area contributed by atoms with Crippen LogP contribution in [0.4, 0.5) is 0 Å². The molecule has 0 bridgehead atoms. The van der Waals surface area contributed by atoms with E-state index in [0.717, 1.165) is 25.7 Å². The fraction of sp³-hybridized carbons (Fsp3) is 0.600. The Morgan fingerprint density at radius 2 is 1.78 bits per heavy atom. The van der Waals surface area contributed by atoms with Gasteiger partial charge < -0.3 is 5.11 Å². The number of carbonyl (C=O) groups is 2. The summed E-state index contributed by atoms with van der Waals surface area (Å²) in [5, 5.41) is 8.58. The summed E-state index contributed by atoms with van der Waals surface area (Å²) in [4.78, 5) is 22.4. The van der Waals surface area contributed by atoms with Gasteiger partial charge in [0.2, 0.25) is 0 Å². The molecule has 0 spiro atoms. The number of hydrogen-bond donors (Lipinski definition) is 1. The zero-order chi connectivity index (χ0) is 16.9. The quantitative estimate of drug-likeness (QED) is 0.403. The number of carboxylic acid groups (broad SMARTS) is 1. The second kappa shape index (κ2) is 11.9. The van der Waals surface area contributed by atoms with Crippen molar-refractivity contribution in [2.24, 2.45) is 11.8 Å². The minimum Gasteiger partial charge on any atom is -0.481 e.